The molecule has 0 atom stereocenters. The van der Waals surface area contributed by atoms with E-state index in [1.165, 1.54) is 0 Å². The van der Waals surface area contributed by atoms with Gasteiger partial charge in [-0.05, 0) is 44.1 Å². The number of rotatable bonds is 4. The van der Waals surface area contributed by atoms with Crippen LogP contribution in [0.1, 0.15) is 31.2 Å². The van der Waals surface area contributed by atoms with E-state index >= 15 is 0 Å². The number of hydrogen-bond acceptors (Lipinski definition) is 4. The second kappa shape index (κ2) is 5.80. The molecule has 18 heavy (non-hydrogen) atoms. The third-order valence-electron chi connectivity index (χ3n) is 3.58. The van der Waals surface area contributed by atoms with Crippen LogP contribution in [0, 0.1) is 18.8 Å². The summed E-state index contributed by atoms with van der Waals surface area (Å²) in [6, 6.07) is 0. The van der Waals surface area contributed by atoms with Gasteiger partial charge in [0.2, 0.25) is 11.9 Å². The molecule has 98 valence electrons. The summed E-state index contributed by atoms with van der Waals surface area (Å²) in [6.07, 6.45) is 7.53. The molecule has 1 saturated carbocycles. The van der Waals surface area contributed by atoms with E-state index < -0.39 is 0 Å². The molecular formula is C13H20N4O. The summed E-state index contributed by atoms with van der Waals surface area (Å²) in [4.78, 5) is 19.5. The smallest absolute Gasteiger partial charge is 0.222 e. The first kappa shape index (κ1) is 12.8. The second-order valence-corrected chi connectivity index (χ2v) is 5.08. The van der Waals surface area contributed by atoms with E-state index in [-0.39, 0.29) is 11.8 Å². The summed E-state index contributed by atoms with van der Waals surface area (Å²) >= 11 is 0. The van der Waals surface area contributed by atoms with Crippen molar-refractivity contribution in [3.05, 3.63) is 18.0 Å². The number of nitrogens with one attached hydrogen (secondary N) is 1. The van der Waals surface area contributed by atoms with E-state index in [4.69, 9.17) is 5.73 Å². The first-order chi connectivity index (χ1) is 8.65. The Morgan fingerprint density at radius 3 is 2.50 bits per heavy atom. The number of carbonyl (C=O) groups is 1. The lowest BCUT2D eigenvalue weighted by molar-refractivity contribution is -0.122. The van der Waals surface area contributed by atoms with Gasteiger partial charge >= 0.3 is 0 Å². The molecule has 0 unspecified atom stereocenters. The van der Waals surface area contributed by atoms with Gasteiger partial charge in [0.1, 0.15) is 0 Å². The monoisotopic (exact) mass is 248 g/mol. The molecule has 5 nitrogen and oxygen atoms in total. The fourth-order valence-corrected chi connectivity index (χ4v) is 2.37. The van der Waals surface area contributed by atoms with Gasteiger partial charge in [-0.3, -0.25) is 4.79 Å². The topological polar surface area (TPSA) is 80.9 Å². The summed E-state index contributed by atoms with van der Waals surface area (Å²) in [5, 5.41) is 3.25. The van der Waals surface area contributed by atoms with Crippen molar-refractivity contribution in [3.8, 4) is 0 Å². The molecule has 0 radical (unpaired) electrons. The van der Waals surface area contributed by atoms with E-state index in [0.29, 0.717) is 11.9 Å². The molecule has 1 aromatic heterocycles. The molecule has 5 heteroatoms. The highest BCUT2D eigenvalue weighted by Gasteiger charge is 2.24. The van der Waals surface area contributed by atoms with Gasteiger partial charge in [-0.2, -0.15) is 0 Å². The number of aromatic nitrogens is 2. The molecular weight excluding hydrogens is 228 g/mol. The maximum Gasteiger partial charge on any atom is 0.222 e. The summed E-state index contributed by atoms with van der Waals surface area (Å²) in [5.74, 6) is 1.20. The average molecular weight is 248 g/mol. The number of carbonyl (C=O) groups excluding carboxylic acids is 1. The highest BCUT2D eigenvalue weighted by atomic mass is 16.1. The standard InChI is InChI=1S/C13H20N4O/c1-9-6-15-13(16-7-9)17-8-10-2-4-11(5-3-10)12(14)18/h6-7,10-11H,2-5,8H2,1H3,(H2,14,18)(H,15,16,17). The lowest BCUT2D eigenvalue weighted by atomic mass is 9.82. The van der Waals surface area contributed by atoms with E-state index in [2.05, 4.69) is 15.3 Å². The molecule has 1 aromatic rings. The van der Waals surface area contributed by atoms with Crippen LogP contribution in [0.25, 0.3) is 0 Å². The number of anilines is 1. The van der Waals surface area contributed by atoms with Crippen LogP contribution < -0.4 is 11.1 Å². The van der Waals surface area contributed by atoms with Crippen LogP contribution in [0.15, 0.2) is 12.4 Å². The third-order valence-corrected chi connectivity index (χ3v) is 3.58. The Labute approximate surface area is 107 Å². The molecule has 1 fully saturated rings. The number of nitrogens with two attached hydrogens (primary N) is 1. The number of nitrogens with zero attached hydrogens (tertiary/aromatic N) is 2. The summed E-state index contributed by atoms with van der Waals surface area (Å²) in [6.45, 7) is 2.84. The lowest BCUT2D eigenvalue weighted by Crippen LogP contribution is -2.29. The first-order valence-electron chi connectivity index (χ1n) is 6.47. The lowest BCUT2D eigenvalue weighted by Gasteiger charge is -2.26. The van der Waals surface area contributed by atoms with Crippen LogP contribution >= 0.6 is 0 Å². The first-order valence-corrected chi connectivity index (χ1v) is 6.47. The van der Waals surface area contributed by atoms with Crippen LogP contribution in [0.3, 0.4) is 0 Å². The van der Waals surface area contributed by atoms with Crippen LogP contribution in [0.5, 0.6) is 0 Å². The van der Waals surface area contributed by atoms with Crippen LogP contribution in [0.4, 0.5) is 5.95 Å². The zero-order valence-electron chi connectivity index (χ0n) is 10.7. The fraction of sp³-hybridized carbons (Fsp3) is 0.615. The Hall–Kier alpha value is -1.65. The minimum atomic E-state index is -0.150. The normalized spacial score (nSPS) is 23.6. The van der Waals surface area contributed by atoms with Crippen molar-refractivity contribution >= 4 is 11.9 Å². The van der Waals surface area contributed by atoms with Crippen molar-refractivity contribution in [2.24, 2.45) is 17.6 Å². The Morgan fingerprint density at radius 2 is 1.94 bits per heavy atom. The maximum absolute atomic E-state index is 11.1. The molecule has 0 aliphatic heterocycles. The zero-order chi connectivity index (χ0) is 13.0. The van der Waals surface area contributed by atoms with Crippen LogP contribution in [-0.4, -0.2) is 22.4 Å². The van der Waals surface area contributed by atoms with Crippen LogP contribution in [-0.2, 0) is 4.79 Å². The average Bonchev–Trinajstić information content (AvgIpc) is 2.38. The SMILES string of the molecule is Cc1cnc(NCC2CCC(C(N)=O)CC2)nc1. The molecule has 0 spiro atoms. The molecule has 0 saturated heterocycles. The number of primary amides is 1. The Kier molecular flexibility index (Phi) is 4.12. The summed E-state index contributed by atoms with van der Waals surface area (Å²) < 4.78 is 0. The summed E-state index contributed by atoms with van der Waals surface area (Å²) in [7, 11) is 0. The van der Waals surface area contributed by atoms with Gasteiger partial charge in [-0.15, -0.1) is 0 Å². The zero-order valence-corrected chi connectivity index (χ0v) is 10.7. The van der Waals surface area contributed by atoms with Crippen molar-refractivity contribution < 1.29 is 4.79 Å². The molecule has 0 bridgehead atoms. The third kappa shape index (κ3) is 3.42. The largest absolute Gasteiger partial charge is 0.369 e. The van der Waals surface area contributed by atoms with Gasteiger partial charge in [-0.1, -0.05) is 0 Å². The molecule has 1 heterocycles. The Bertz CT molecular complexity index is 396. The molecule has 0 aromatic carbocycles. The molecule has 2 rings (SSSR count). The fourth-order valence-electron chi connectivity index (χ4n) is 2.37. The predicted molar refractivity (Wildman–Crippen MR) is 69.9 cm³/mol. The van der Waals surface area contributed by atoms with Crippen molar-refractivity contribution in [1.82, 2.24) is 9.97 Å². The molecule has 1 amide bonds. The molecule has 1 aliphatic rings. The van der Waals surface area contributed by atoms with Crippen molar-refractivity contribution in [3.63, 3.8) is 0 Å². The number of hydrogen-bond donors (Lipinski definition) is 2. The highest BCUT2D eigenvalue weighted by Crippen LogP contribution is 2.28. The van der Waals surface area contributed by atoms with Gasteiger partial charge < -0.3 is 11.1 Å². The summed E-state index contributed by atoms with van der Waals surface area (Å²) in [5.41, 5.74) is 6.38. The molecule has 1 aliphatic carbocycles. The van der Waals surface area contributed by atoms with E-state index in [9.17, 15) is 4.79 Å². The minimum absolute atomic E-state index is 0.0804. The highest BCUT2D eigenvalue weighted by molar-refractivity contribution is 5.76. The Balaban J connectivity index is 1.75. The number of amides is 1. The van der Waals surface area contributed by atoms with Crippen molar-refractivity contribution in [2.75, 3.05) is 11.9 Å². The predicted octanol–water partition coefficient (Wildman–Crippen LogP) is 1.49. The van der Waals surface area contributed by atoms with Gasteiger partial charge in [0, 0.05) is 24.9 Å². The maximum atomic E-state index is 11.1. The van der Waals surface area contributed by atoms with Crippen molar-refractivity contribution in [1.29, 1.82) is 0 Å². The number of aryl methyl sites for hydroxylation is 1. The van der Waals surface area contributed by atoms with E-state index in [1.807, 2.05) is 6.92 Å². The van der Waals surface area contributed by atoms with Gasteiger partial charge in [0.15, 0.2) is 0 Å². The van der Waals surface area contributed by atoms with E-state index in [1.54, 1.807) is 12.4 Å². The van der Waals surface area contributed by atoms with Crippen molar-refractivity contribution in [2.45, 2.75) is 32.6 Å². The quantitative estimate of drug-likeness (QED) is 0.846. The Morgan fingerprint density at radius 1 is 1.33 bits per heavy atom. The van der Waals surface area contributed by atoms with Gasteiger partial charge in [-0.25, -0.2) is 9.97 Å². The second-order valence-electron chi connectivity index (χ2n) is 5.08. The van der Waals surface area contributed by atoms with E-state index in [0.717, 1.165) is 37.8 Å². The molecule has 3 N–H and O–H groups in total. The van der Waals surface area contributed by atoms with Gasteiger partial charge in [0.05, 0.1) is 0 Å². The minimum Gasteiger partial charge on any atom is -0.369 e. The van der Waals surface area contributed by atoms with Crippen LogP contribution in [0.2, 0.25) is 0 Å². The van der Waals surface area contributed by atoms with Gasteiger partial charge in [0.25, 0.3) is 0 Å².